The number of hydrogen-bond donors (Lipinski definition) is 0. The molecule has 5 heteroatoms. The van der Waals surface area contributed by atoms with Gasteiger partial charge in [0, 0.05) is 18.8 Å². The van der Waals surface area contributed by atoms with Crippen molar-refractivity contribution in [3.63, 3.8) is 0 Å². The molecule has 2 rings (SSSR count). The van der Waals surface area contributed by atoms with E-state index in [4.69, 9.17) is 0 Å². The highest BCUT2D eigenvalue weighted by Gasteiger charge is 2.13. The lowest BCUT2D eigenvalue weighted by molar-refractivity contribution is -0.385. The minimum atomic E-state index is -0.619. The zero-order valence-electron chi connectivity index (χ0n) is 11.3. The SMILES string of the molecule is CCc1ccc(N(C)c2cc(F)cc([N+](=O)[O-])c2)cc1. The van der Waals surface area contributed by atoms with Gasteiger partial charge in [0.15, 0.2) is 0 Å². The third-order valence-electron chi connectivity index (χ3n) is 3.20. The van der Waals surface area contributed by atoms with E-state index in [1.54, 1.807) is 11.9 Å². The Bertz CT molecular complexity index is 626. The molecule has 2 aromatic rings. The fraction of sp³-hybridized carbons (Fsp3) is 0.200. The van der Waals surface area contributed by atoms with Gasteiger partial charge < -0.3 is 4.90 Å². The average Bonchev–Trinajstić information content (AvgIpc) is 2.46. The van der Waals surface area contributed by atoms with E-state index in [0.717, 1.165) is 18.2 Å². The summed E-state index contributed by atoms with van der Waals surface area (Å²) in [5.74, 6) is -0.619. The summed E-state index contributed by atoms with van der Waals surface area (Å²) in [4.78, 5) is 11.9. The lowest BCUT2D eigenvalue weighted by atomic mass is 10.1. The number of anilines is 2. The topological polar surface area (TPSA) is 46.4 Å². The molecule has 20 heavy (non-hydrogen) atoms. The van der Waals surface area contributed by atoms with Crippen LogP contribution in [0.15, 0.2) is 42.5 Å². The van der Waals surface area contributed by atoms with E-state index in [-0.39, 0.29) is 5.69 Å². The van der Waals surface area contributed by atoms with Crippen molar-refractivity contribution in [2.24, 2.45) is 0 Å². The van der Waals surface area contributed by atoms with E-state index in [1.807, 2.05) is 24.3 Å². The number of benzene rings is 2. The Hall–Kier alpha value is -2.43. The predicted molar refractivity (Wildman–Crippen MR) is 76.9 cm³/mol. The maximum atomic E-state index is 13.5. The van der Waals surface area contributed by atoms with Crippen LogP contribution in [0.2, 0.25) is 0 Å². The summed E-state index contributed by atoms with van der Waals surface area (Å²) in [6, 6.07) is 11.3. The molecule has 0 amide bonds. The van der Waals surface area contributed by atoms with Gasteiger partial charge in [0.1, 0.15) is 5.82 Å². The quantitative estimate of drug-likeness (QED) is 0.623. The van der Waals surface area contributed by atoms with E-state index < -0.39 is 10.7 Å². The first-order valence-corrected chi connectivity index (χ1v) is 6.29. The van der Waals surface area contributed by atoms with E-state index in [0.29, 0.717) is 5.69 Å². The van der Waals surface area contributed by atoms with Crippen LogP contribution in [0.3, 0.4) is 0 Å². The summed E-state index contributed by atoms with van der Waals surface area (Å²) >= 11 is 0. The molecule has 104 valence electrons. The van der Waals surface area contributed by atoms with Gasteiger partial charge in [-0.3, -0.25) is 10.1 Å². The van der Waals surface area contributed by atoms with Gasteiger partial charge in [-0.1, -0.05) is 19.1 Å². The Kier molecular flexibility index (Phi) is 3.98. The molecule has 0 spiro atoms. The van der Waals surface area contributed by atoms with Gasteiger partial charge in [-0.05, 0) is 30.2 Å². The third-order valence-corrected chi connectivity index (χ3v) is 3.20. The van der Waals surface area contributed by atoms with Gasteiger partial charge in [0.25, 0.3) is 5.69 Å². The van der Waals surface area contributed by atoms with E-state index in [2.05, 4.69) is 6.92 Å². The second-order valence-electron chi connectivity index (χ2n) is 4.50. The van der Waals surface area contributed by atoms with Crippen molar-refractivity contribution in [3.05, 3.63) is 64.0 Å². The molecule has 0 aromatic heterocycles. The zero-order chi connectivity index (χ0) is 14.7. The lowest BCUT2D eigenvalue weighted by Gasteiger charge is -2.19. The molecule has 0 bridgehead atoms. The fourth-order valence-corrected chi connectivity index (χ4v) is 1.96. The van der Waals surface area contributed by atoms with Crippen LogP contribution in [0.25, 0.3) is 0 Å². The lowest BCUT2D eigenvalue weighted by Crippen LogP contribution is -2.10. The summed E-state index contributed by atoms with van der Waals surface area (Å²) in [7, 11) is 1.75. The molecule has 0 heterocycles. The molecule has 0 aliphatic carbocycles. The monoisotopic (exact) mass is 274 g/mol. The summed E-state index contributed by atoms with van der Waals surface area (Å²) in [6.45, 7) is 2.06. The maximum absolute atomic E-state index is 13.5. The van der Waals surface area contributed by atoms with Crippen molar-refractivity contribution in [2.45, 2.75) is 13.3 Å². The molecule has 2 aromatic carbocycles. The van der Waals surface area contributed by atoms with E-state index in [9.17, 15) is 14.5 Å². The number of hydrogen-bond acceptors (Lipinski definition) is 3. The number of aryl methyl sites for hydroxylation is 1. The highest BCUT2D eigenvalue weighted by atomic mass is 19.1. The number of nitro groups is 1. The van der Waals surface area contributed by atoms with Crippen molar-refractivity contribution in [1.82, 2.24) is 0 Å². The van der Waals surface area contributed by atoms with Crippen LogP contribution in [0.1, 0.15) is 12.5 Å². The second kappa shape index (κ2) is 5.69. The van der Waals surface area contributed by atoms with Gasteiger partial charge >= 0.3 is 0 Å². The molecular weight excluding hydrogens is 259 g/mol. The number of rotatable bonds is 4. The fourth-order valence-electron chi connectivity index (χ4n) is 1.96. The Morgan fingerprint density at radius 2 is 1.80 bits per heavy atom. The van der Waals surface area contributed by atoms with Crippen molar-refractivity contribution in [1.29, 1.82) is 0 Å². The smallest absolute Gasteiger partial charge is 0.274 e. The van der Waals surface area contributed by atoms with Gasteiger partial charge in [0.05, 0.1) is 16.7 Å². The first kappa shape index (κ1) is 14.0. The summed E-state index contributed by atoms with van der Waals surface area (Å²) in [6.07, 6.45) is 0.940. The van der Waals surface area contributed by atoms with Crippen LogP contribution in [-0.4, -0.2) is 12.0 Å². The largest absolute Gasteiger partial charge is 0.344 e. The van der Waals surface area contributed by atoms with Crippen LogP contribution < -0.4 is 4.90 Å². The standard InChI is InChI=1S/C15H15FN2O2/c1-3-11-4-6-13(7-5-11)17(2)14-8-12(16)9-15(10-14)18(19)20/h4-10H,3H2,1-2H3. The second-order valence-corrected chi connectivity index (χ2v) is 4.50. The van der Waals surface area contributed by atoms with Crippen LogP contribution >= 0.6 is 0 Å². The molecule has 0 radical (unpaired) electrons. The number of non-ortho nitro benzene ring substituents is 1. The summed E-state index contributed by atoms with van der Waals surface area (Å²) in [5.41, 5.74) is 2.24. The molecule has 0 saturated carbocycles. The normalized spacial score (nSPS) is 10.3. The maximum Gasteiger partial charge on any atom is 0.274 e. The molecular formula is C15H15FN2O2. The number of nitrogens with zero attached hydrogens (tertiary/aromatic N) is 2. The van der Waals surface area contributed by atoms with Gasteiger partial charge in [-0.2, -0.15) is 0 Å². The van der Waals surface area contributed by atoms with Crippen LogP contribution in [0.4, 0.5) is 21.5 Å². The Balaban J connectivity index is 2.36. The molecule has 0 unspecified atom stereocenters. The van der Waals surface area contributed by atoms with Gasteiger partial charge in [-0.25, -0.2) is 4.39 Å². The molecule has 0 aliphatic heterocycles. The van der Waals surface area contributed by atoms with Crippen molar-refractivity contribution < 1.29 is 9.31 Å². The van der Waals surface area contributed by atoms with Crippen LogP contribution in [-0.2, 0) is 6.42 Å². The number of halogens is 1. The first-order valence-electron chi connectivity index (χ1n) is 6.29. The molecule has 0 aliphatic rings. The van der Waals surface area contributed by atoms with Gasteiger partial charge in [-0.15, -0.1) is 0 Å². The predicted octanol–water partition coefficient (Wildman–Crippen LogP) is 4.06. The van der Waals surface area contributed by atoms with Crippen LogP contribution in [0, 0.1) is 15.9 Å². The zero-order valence-corrected chi connectivity index (χ0v) is 11.3. The van der Waals surface area contributed by atoms with Crippen molar-refractivity contribution in [3.8, 4) is 0 Å². The third kappa shape index (κ3) is 2.93. The Morgan fingerprint density at radius 1 is 1.15 bits per heavy atom. The minimum absolute atomic E-state index is 0.253. The summed E-state index contributed by atoms with van der Waals surface area (Å²) in [5, 5.41) is 10.8. The van der Waals surface area contributed by atoms with Crippen LogP contribution in [0.5, 0.6) is 0 Å². The molecule has 0 saturated heterocycles. The molecule has 0 N–H and O–H groups in total. The summed E-state index contributed by atoms with van der Waals surface area (Å²) < 4.78 is 13.5. The van der Waals surface area contributed by atoms with E-state index in [1.165, 1.54) is 17.7 Å². The van der Waals surface area contributed by atoms with Crippen molar-refractivity contribution >= 4 is 17.1 Å². The molecule has 0 fully saturated rings. The highest BCUT2D eigenvalue weighted by Crippen LogP contribution is 2.28. The Labute approximate surface area is 116 Å². The number of nitro benzene ring substituents is 1. The molecule has 0 atom stereocenters. The average molecular weight is 274 g/mol. The highest BCUT2D eigenvalue weighted by molar-refractivity contribution is 5.65. The van der Waals surface area contributed by atoms with Crippen molar-refractivity contribution in [2.75, 3.05) is 11.9 Å². The molecule has 4 nitrogen and oxygen atoms in total. The van der Waals surface area contributed by atoms with E-state index >= 15 is 0 Å². The first-order chi connectivity index (χ1) is 9.51. The van der Waals surface area contributed by atoms with Gasteiger partial charge in [0.2, 0.25) is 0 Å². The minimum Gasteiger partial charge on any atom is -0.344 e. The Morgan fingerprint density at radius 3 is 2.35 bits per heavy atom.